The van der Waals surface area contributed by atoms with Gasteiger partial charge in [-0.05, 0) is 6.42 Å². The summed E-state index contributed by atoms with van der Waals surface area (Å²) >= 11 is 0. The molecule has 1 rings (SSSR count). The average Bonchev–Trinajstić information content (AvgIpc) is 2.13. The van der Waals surface area contributed by atoms with E-state index in [9.17, 15) is 13.2 Å². The number of rotatable bonds is 4. The van der Waals surface area contributed by atoms with Crippen LogP contribution in [0.5, 0.6) is 0 Å². The van der Waals surface area contributed by atoms with E-state index in [-0.39, 0.29) is 6.61 Å². The van der Waals surface area contributed by atoms with E-state index in [0.717, 1.165) is 26.2 Å². The summed E-state index contributed by atoms with van der Waals surface area (Å²) in [5.41, 5.74) is 0. The molecule has 84 valence electrons. The maximum atomic E-state index is 11.6. The van der Waals surface area contributed by atoms with E-state index in [2.05, 4.69) is 15.0 Å². The van der Waals surface area contributed by atoms with Crippen molar-refractivity contribution in [3.63, 3.8) is 0 Å². The third kappa shape index (κ3) is 5.41. The van der Waals surface area contributed by atoms with Crippen molar-refractivity contribution in [2.45, 2.75) is 12.8 Å². The summed E-state index contributed by atoms with van der Waals surface area (Å²) in [5.74, 6) is 0. The number of alkyl halides is 3. The van der Waals surface area contributed by atoms with Crippen molar-refractivity contribution in [1.82, 2.24) is 10.2 Å². The molecule has 1 aliphatic heterocycles. The van der Waals surface area contributed by atoms with Crippen LogP contribution in [-0.2, 0) is 4.74 Å². The molecule has 0 aromatic heterocycles. The first-order valence-corrected chi connectivity index (χ1v) is 4.72. The molecule has 3 nitrogen and oxygen atoms in total. The standard InChI is InChI=1S/C8H15F3N2O/c9-8(10,11)14-7-1-4-13-5-2-12-3-6-13/h12H,1-7H2. The van der Waals surface area contributed by atoms with Crippen molar-refractivity contribution in [2.24, 2.45) is 0 Å². The maximum Gasteiger partial charge on any atom is 0.522 e. The Morgan fingerprint density at radius 1 is 1.21 bits per heavy atom. The van der Waals surface area contributed by atoms with Crippen LogP contribution in [-0.4, -0.2) is 50.6 Å². The van der Waals surface area contributed by atoms with Crippen LogP contribution in [0.1, 0.15) is 6.42 Å². The normalized spacial score (nSPS) is 19.9. The molecular weight excluding hydrogens is 197 g/mol. The third-order valence-corrected chi connectivity index (χ3v) is 2.09. The summed E-state index contributed by atoms with van der Waals surface area (Å²) < 4.78 is 38.4. The number of nitrogens with zero attached hydrogens (tertiary/aromatic N) is 1. The fraction of sp³-hybridized carbons (Fsp3) is 1.00. The molecule has 0 saturated carbocycles. The van der Waals surface area contributed by atoms with E-state index in [0.29, 0.717) is 13.0 Å². The van der Waals surface area contributed by atoms with Gasteiger partial charge in [0.2, 0.25) is 0 Å². The molecule has 14 heavy (non-hydrogen) atoms. The molecule has 0 unspecified atom stereocenters. The molecule has 6 heteroatoms. The number of hydrogen-bond acceptors (Lipinski definition) is 3. The summed E-state index contributed by atoms with van der Waals surface area (Å²) in [6.07, 6.45) is -4.05. The van der Waals surface area contributed by atoms with Crippen LogP contribution in [0.2, 0.25) is 0 Å². The van der Waals surface area contributed by atoms with Gasteiger partial charge in [-0.3, -0.25) is 4.74 Å². The summed E-state index contributed by atoms with van der Waals surface area (Å²) in [4.78, 5) is 2.14. The molecule has 0 aliphatic carbocycles. The first kappa shape index (κ1) is 11.7. The Hall–Kier alpha value is -0.330. The van der Waals surface area contributed by atoms with Gasteiger partial charge in [0.15, 0.2) is 0 Å². The Kier molecular flexibility index (Phi) is 4.64. The lowest BCUT2D eigenvalue weighted by molar-refractivity contribution is -0.324. The lowest BCUT2D eigenvalue weighted by atomic mass is 10.3. The SMILES string of the molecule is FC(F)(F)OCCCN1CCNCC1. The van der Waals surface area contributed by atoms with E-state index in [4.69, 9.17) is 0 Å². The van der Waals surface area contributed by atoms with Crippen LogP contribution >= 0.6 is 0 Å². The lowest BCUT2D eigenvalue weighted by Crippen LogP contribution is -2.44. The zero-order valence-corrected chi connectivity index (χ0v) is 7.94. The Balaban J connectivity index is 1.97. The summed E-state index contributed by atoms with van der Waals surface area (Å²) in [6.45, 7) is 4.09. The summed E-state index contributed by atoms with van der Waals surface area (Å²) in [6, 6.07) is 0. The molecule has 1 saturated heterocycles. The minimum Gasteiger partial charge on any atom is -0.314 e. The van der Waals surface area contributed by atoms with E-state index in [1.54, 1.807) is 0 Å². The predicted octanol–water partition coefficient (Wildman–Crippen LogP) is 0.818. The van der Waals surface area contributed by atoms with Crippen LogP contribution in [0.25, 0.3) is 0 Å². The highest BCUT2D eigenvalue weighted by atomic mass is 19.4. The van der Waals surface area contributed by atoms with Gasteiger partial charge in [0.25, 0.3) is 0 Å². The highest BCUT2D eigenvalue weighted by molar-refractivity contribution is 4.66. The quantitative estimate of drug-likeness (QED) is 0.698. The maximum absolute atomic E-state index is 11.6. The van der Waals surface area contributed by atoms with Gasteiger partial charge < -0.3 is 10.2 Å². The minimum absolute atomic E-state index is 0.243. The monoisotopic (exact) mass is 212 g/mol. The van der Waals surface area contributed by atoms with Crippen molar-refractivity contribution in [2.75, 3.05) is 39.3 Å². The highest BCUT2D eigenvalue weighted by Crippen LogP contribution is 2.16. The van der Waals surface area contributed by atoms with Crippen molar-refractivity contribution in [3.8, 4) is 0 Å². The fourth-order valence-electron chi connectivity index (χ4n) is 1.41. The van der Waals surface area contributed by atoms with E-state index >= 15 is 0 Å². The number of piperazine rings is 1. The molecule has 1 heterocycles. The number of halogens is 3. The van der Waals surface area contributed by atoms with Crippen LogP contribution in [0, 0.1) is 0 Å². The predicted molar refractivity (Wildman–Crippen MR) is 45.9 cm³/mol. The van der Waals surface area contributed by atoms with Gasteiger partial charge in [-0.1, -0.05) is 0 Å². The Morgan fingerprint density at radius 2 is 1.86 bits per heavy atom. The van der Waals surface area contributed by atoms with Gasteiger partial charge in [-0.15, -0.1) is 13.2 Å². The topological polar surface area (TPSA) is 24.5 Å². The van der Waals surface area contributed by atoms with Gasteiger partial charge in [0.05, 0.1) is 6.61 Å². The molecule has 0 radical (unpaired) electrons. The molecule has 0 atom stereocenters. The molecule has 0 amide bonds. The molecule has 0 aromatic rings. The van der Waals surface area contributed by atoms with Crippen molar-refractivity contribution in [1.29, 1.82) is 0 Å². The first-order chi connectivity index (χ1) is 6.58. The van der Waals surface area contributed by atoms with E-state index < -0.39 is 6.36 Å². The molecule has 0 spiro atoms. The second-order valence-corrected chi connectivity index (χ2v) is 3.24. The molecule has 0 bridgehead atoms. The Labute approximate surface area is 81.2 Å². The fourth-order valence-corrected chi connectivity index (χ4v) is 1.41. The number of hydrogen-bond donors (Lipinski definition) is 1. The molecule has 1 fully saturated rings. The van der Waals surface area contributed by atoms with Gasteiger partial charge in [0.1, 0.15) is 0 Å². The number of nitrogens with one attached hydrogen (secondary N) is 1. The van der Waals surface area contributed by atoms with Crippen molar-refractivity contribution < 1.29 is 17.9 Å². The van der Waals surface area contributed by atoms with Gasteiger partial charge >= 0.3 is 6.36 Å². The zero-order chi connectivity index (χ0) is 10.4. The van der Waals surface area contributed by atoms with Crippen molar-refractivity contribution in [3.05, 3.63) is 0 Å². The van der Waals surface area contributed by atoms with Gasteiger partial charge in [0, 0.05) is 32.7 Å². The first-order valence-electron chi connectivity index (χ1n) is 4.72. The van der Waals surface area contributed by atoms with Crippen LogP contribution in [0.3, 0.4) is 0 Å². The number of ether oxygens (including phenoxy) is 1. The van der Waals surface area contributed by atoms with Gasteiger partial charge in [-0.2, -0.15) is 0 Å². The van der Waals surface area contributed by atoms with Crippen LogP contribution < -0.4 is 5.32 Å². The molecule has 0 aromatic carbocycles. The highest BCUT2D eigenvalue weighted by Gasteiger charge is 2.28. The molecule has 1 aliphatic rings. The van der Waals surface area contributed by atoms with Crippen LogP contribution in [0.15, 0.2) is 0 Å². The largest absolute Gasteiger partial charge is 0.522 e. The second kappa shape index (κ2) is 5.53. The van der Waals surface area contributed by atoms with Crippen LogP contribution in [0.4, 0.5) is 13.2 Å². The minimum atomic E-state index is -4.48. The van der Waals surface area contributed by atoms with E-state index in [1.165, 1.54) is 0 Å². The molecule has 1 N–H and O–H groups in total. The van der Waals surface area contributed by atoms with E-state index in [1.807, 2.05) is 0 Å². The van der Waals surface area contributed by atoms with Gasteiger partial charge in [-0.25, -0.2) is 0 Å². The Bertz CT molecular complexity index is 157. The lowest BCUT2D eigenvalue weighted by Gasteiger charge is -2.26. The smallest absolute Gasteiger partial charge is 0.314 e. The summed E-state index contributed by atoms with van der Waals surface area (Å²) in [5, 5.41) is 3.18. The third-order valence-electron chi connectivity index (χ3n) is 2.09. The molecular formula is C8H15F3N2O. The second-order valence-electron chi connectivity index (χ2n) is 3.24. The zero-order valence-electron chi connectivity index (χ0n) is 7.94. The average molecular weight is 212 g/mol. The van der Waals surface area contributed by atoms with Crippen molar-refractivity contribution >= 4 is 0 Å². The Morgan fingerprint density at radius 3 is 2.43 bits per heavy atom. The summed E-state index contributed by atoms with van der Waals surface area (Å²) in [7, 11) is 0.